The van der Waals surface area contributed by atoms with Gasteiger partial charge in [-0.3, -0.25) is 20.3 Å². The smallest absolute Gasteiger partial charge is 0.289 e. The maximum Gasteiger partial charge on any atom is 0.289 e. The van der Waals surface area contributed by atoms with Gasteiger partial charge in [-0.15, -0.1) is 0 Å². The van der Waals surface area contributed by atoms with Gasteiger partial charge in [0.25, 0.3) is 11.6 Å². The van der Waals surface area contributed by atoms with Crippen LogP contribution in [0.2, 0.25) is 5.02 Å². The van der Waals surface area contributed by atoms with E-state index in [1.165, 1.54) is 6.92 Å². The van der Waals surface area contributed by atoms with E-state index in [2.05, 4.69) is 0 Å². The zero-order chi connectivity index (χ0) is 14.8. The molecule has 0 spiro atoms. The van der Waals surface area contributed by atoms with Gasteiger partial charge >= 0.3 is 0 Å². The number of carbonyl (C=O) groups excluding carboxylic acids is 1. The second-order valence-corrected chi connectivity index (χ2v) is 6.09. The number of nitrogen functional groups attached to an aromatic ring is 1. The summed E-state index contributed by atoms with van der Waals surface area (Å²) in [6.45, 7) is 1.35. The third-order valence-corrected chi connectivity index (χ3v) is 4.41. The first-order chi connectivity index (χ1) is 8.74. The highest BCUT2D eigenvalue weighted by atomic mass is 35.5. The van der Waals surface area contributed by atoms with E-state index < -0.39 is 31.3 Å². The number of nitro benzene ring substituents is 1. The van der Waals surface area contributed by atoms with Crippen LogP contribution >= 0.6 is 11.6 Å². The van der Waals surface area contributed by atoms with Gasteiger partial charge in [0.2, 0.25) is 0 Å². The van der Waals surface area contributed by atoms with Crippen LogP contribution < -0.4 is 11.3 Å². The first-order valence-corrected chi connectivity index (χ1v) is 6.99. The molecule has 0 unspecified atom stereocenters. The maximum absolute atomic E-state index is 11.8. The van der Waals surface area contributed by atoms with Crippen LogP contribution in [0.15, 0.2) is 17.0 Å². The molecule has 0 atom stereocenters. The highest BCUT2D eigenvalue weighted by molar-refractivity contribution is 7.91. The minimum absolute atomic E-state index is 0. The summed E-state index contributed by atoms with van der Waals surface area (Å²) in [6.07, 6.45) is 0. The molecule has 20 heavy (non-hydrogen) atoms. The van der Waals surface area contributed by atoms with Crippen molar-refractivity contribution in [2.45, 2.75) is 19.2 Å². The van der Waals surface area contributed by atoms with Crippen LogP contribution in [0, 0.1) is 10.1 Å². The molecule has 112 valence electrons. The first kappa shape index (κ1) is 18.3. The SMILES string of the molecule is C.CCS(=O)(=O)c1cc([N+](=O)[O-])c(Cl)cc1C(=O)NN. The molecule has 0 saturated heterocycles. The Hall–Kier alpha value is -1.71. The Morgan fingerprint density at radius 1 is 1.50 bits per heavy atom. The largest absolute Gasteiger partial charge is 0.290 e. The number of hydrogen-bond donors (Lipinski definition) is 2. The minimum atomic E-state index is -3.84. The van der Waals surface area contributed by atoms with Crippen LogP contribution in [0.25, 0.3) is 0 Å². The lowest BCUT2D eigenvalue weighted by Crippen LogP contribution is -2.31. The van der Waals surface area contributed by atoms with Crippen LogP contribution in [0.5, 0.6) is 0 Å². The molecule has 0 heterocycles. The minimum Gasteiger partial charge on any atom is -0.290 e. The number of nitrogens with two attached hydrogens (primary N) is 1. The zero-order valence-electron chi connectivity index (χ0n) is 9.71. The Kier molecular flexibility index (Phi) is 6.07. The molecule has 0 aliphatic rings. The predicted molar refractivity (Wildman–Crippen MR) is 74.2 cm³/mol. The average Bonchev–Trinajstić information content (AvgIpc) is 2.36. The van der Waals surface area contributed by atoms with Crippen molar-refractivity contribution in [3.05, 3.63) is 32.8 Å². The van der Waals surface area contributed by atoms with Crippen molar-refractivity contribution >= 4 is 33.0 Å². The summed E-state index contributed by atoms with van der Waals surface area (Å²) in [5, 5.41) is 10.4. The molecule has 1 aromatic carbocycles. The molecule has 10 heteroatoms. The number of nitro groups is 1. The summed E-state index contributed by atoms with van der Waals surface area (Å²) in [5.41, 5.74) is 0.833. The fourth-order valence-electron chi connectivity index (χ4n) is 1.35. The number of sulfone groups is 1. The number of carbonyl (C=O) groups is 1. The monoisotopic (exact) mass is 323 g/mol. The van der Waals surface area contributed by atoms with Gasteiger partial charge in [-0.1, -0.05) is 26.0 Å². The summed E-state index contributed by atoms with van der Waals surface area (Å²) in [6, 6.07) is 1.66. The van der Waals surface area contributed by atoms with Crippen molar-refractivity contribution in [2.24, 2.45) is 5.84 Å². The van der Waals surface area contributed by atoms with Gasteiger partial charge in [0.05, 0.1) is 21.1 Å². The molecule has 0 aliphatic carbocycles. The second-order valence-electron chi connectivity index (χ2n) is 3.43. The molecular weight excluding hydrogens is 310 g/mol. The van der Waals surface area contributed by atoms with Gasteiger partial charge in [-0.25, -0.2) is 14.3 Å². The fourth-order valence-corrected chi connectivity index (χ4v) is 2.67. The second kappa shape index (κ2) is 6.64. The van der Waals surface area contributed by atoms with E-state index in [0.29, 0.717) is 0 Å². The Bertz CT molecular complexity index is 645. The number of hydrazine groups is 1. The summed E-state index contributed by atoms with van der Waals surface area (Å²) >= 11 is 5.63. The lowest BCUT2D eigenvalue weighted by molar-refractivity contribution is -0.384. The molecule has 0 fully saturated rings. The summed E-state index contributed by atoms with van der Waals surface area (Å²) in [5.74, 6) is 3.71. The molecule has 1 aromatic rings. The Balaban J connectivity index is 0.00000361. The summed E-state index contributed by atoms with van der Waals surface area (Å²) < 4.78 is 23.7. The highest BCUT2D eigenvalue weighted by Crippen LogP contribution is 2.31. The van der Waals surface area contributed by atoms with Crippen molar-refractivity contribution in [3.63, 3.8) is 0 Å². The first-order valence-electron chi connectivity index (χ1n) is 4.96. The summed E-state index contributed by atoms with van der Waals surface area (Å²) in [7, 11) is -3.84. The normalized spacial score (nSPS) is 10.6. The van der Waals surface area contributed by atoms with E-state index in [9.17, 15) is 23.3 Å². The molecule has 8 nitrogen and oxygen atoms in total. The average molecular weight is 324 g/mol. The van der Waals surface area contributed by atoms with Crippen molar-refractivity contribution < 1.29 is 18.1 Å². The van der Waals surface area contributed by atoms with Crippen LogP contribution in [-0.4, -0.2) is 25.0 Å². The van der Waals surface area contributed by atoms with Crippen molar-refractivity contribution in [1.29, 1.82) is 0 Å². The van der Waals surface area contributed by atoms with Crippen LogP contribution in [0.4, 0.5) is 5.69 Å². The van der Waals surface area contributed by atoms with Crippen LogP contribution in [-0.2, 0) is 9.84 Å². The standard InChI is InChI=1S/C9H10ClN3O5S.CH4/c1-2-19(17,18)8-4-7(13(15)16)6(10)3-5(8)9(14)12-11;/h3-4H,2,11H2,1H3,(H,12,14);1H4. The predicted octanol–water partition coefficient (Wildman–Crippen LogP) is 1.28. The van der Waals surface area contributed by atoms with Crippen LogP contribution in [0.1, 0.15) is 24.7 Å². The number of halogens is 1. The van der Waals surface area contributed by atoms with Gasteiger partial charge < -0.3 is 0 Å². The van der Waals surface area contributed by atoms with Crippen LogP contribution in [0.3, 0.4) is 0 Å². The number of nitrogens with zero attached hydrogens (tertiary/aromatic N) is 1. The highest BCUT2D eigenvalue weighted by Gasteiger charge is 2.26. The van der Waals surface area contributed by atoms with Gasteiger partial charge in [-0.2, -0.15) is 0 Å². The Morgan fingerprint density at radius 2 is 2.05 bits per heavy atom. The Morgan fingerprint density at radius 3 is 2.45 bits per heavy atom. The summed E-state index contributed by atoms with van der Waals surface area (Å²) in [4.78, 5) is 20.9. The molecule has 0 radical (unpaired) electrons. The zero-order valence-corrected chi connectivity index (χ0v) is 11.3. The van der Waals surface area contributed by atoms with E-state index in [-0.39, 0.29) is 23.8 Å². The third kappa shape index (κ3) is 3.44. The topological polar surface area (TPSA) is 132 Å². The quantitative estimate of drug-likeness (QED) is 0.371. The van der Waals surface area contributed by atoms with Gasteiger partial charge in [-0.05, 0) is 6.07 Å². The molecule has 1 amide bonds. The number of benzene rings is 1. The molecule has 0 saturated carbocycles. The third-order valence-electron chi connectivity index (χ3n) is 2.34. The van der Waals surface area contributed by atoms with E-state index in [1.54, 1.807) is 5.43 Å². The van der Waals surface area contributed by atoms with E-state index in [1.807, 2.05) is 0 Å². The number of amides is 1. The molecule has 3 N–H and O–H groups in total. The van der Waals surface area contributed by atoms with E-state index in [0.717, 1.165) is 12.1 Å². The number of nitrogens with one attached hydrogen (secondary N) is 1. The lowest BCUT2D eigenvalue weighted by atomic mass is 10.2. The number of hydrogen-bond acceptors (Lipinski definition) is 6. The van der Waals surface area contributed by atoms with E-state index in [4.69, 9.17) is 17.4 Å². The van der Waals surface area contributed by atoms with E-state index >= 15 is 0 Å². The molecule has 1 rings (SSSR count). The van der Waals surface area contributed by atoms with Crippen molar-refractivity contribution in [3.8, 4) is 0 Å². The van der Waals surface area contributed by atoms with Crippen molar-refractivity contribution in [1.82, 2.24) is 5.43 Å². The van der Waals surface area contributed by atoms with Crippen molar-refractivity contribution in [2.75, 3.05) is 5.75 Å². The molecule has 0 aliphatic heterocycles. The van der Waals surface area contributed by atoms with Gasteiger partial charge in [0, 0.05) is 6.07 Å². The van der Waals surface area contributed by atoms with Gasteiger partial charge in [0.15, 0.2) is 9.84 Å². The molecular formula is C10H14ClN3O5S. The lowest BCUT2D eigenvalue weighted by Gasteiger charge is -2.09. The fraction of sp³-hybridized carbons (Fsp3) is 0.300. The molecule has 0 bridgehead atoms. The maximum atomic E-state index is 11.8. The van der Waals surface area contributed by atoms with Gasteiger partial charge in [0.1, 0.15) is 5.02 Å². The Labute approximate surface area is 121 Å². The number of rotatable bonds is 4. The molecule has 0 aromatic heterocycles.